The topological polar surface area (TPSA) is 27.6 Å². The Bertz CT molecular complexity index is 474. The SMILES string of the molecule is C=C/C(C)=C1\C(CN2CCCC2)=CNC1=NC/C=C\C. The minimum Gasteiger partial charge on any atom is -0.346 e. The maximum absolute atomic E-state index is 4.63. The zero-order valence-corrected chi connectivity index (χ0v) is 12.7. The lowest BCUT2D eigenvalue weighted by Gasteiger charge is -2.16. The number of nitrogens with one attached hydrogen (secondary N) is 1. The van der Waals surface area contributed by atoms with Crippen molar-refractivity contribution in [2.45, 2.75) is 26.7 Å². The van der Waals surface area contributed by atoms with Gasteiger partial charge in [-0.1, -0.05) is 24.8 Å². The minimum absolute atomic E-state index is 0.720. The standard InChI is InChI=1S/C17H25N3/c1-4-6-9-18-17-16(14(3)5-2)15(12-19-17)13-20-10-7-8-11-20/h4-6,12H,2,7-11,13H2,1,3H3,(H,18,19)/b6-4-,16-14+. The van der Waals surface area contributed by atoms with Crippen molar-refractivity contribution in [1.29, 1.82) is 0 Å². The molecule has 0 aromatic rings. The van der Waals surface area contributed by atoms with Crippen LogP contribution in [0.1, 0.15) is 26.7 Å². The van der Waals surface area contributed by atoms with Crippen molar-refractivity contribution in [3.8, 4) is 0 Å². The number of likely N-dealkylation sites (tertiary alicyclic amines) is 1. The molecule has 2 heterocycles. The minimum atomic E-state index is 0.720. The molecular formula is C17H25N3. The summed E-state index contributed by atoms with van der Waals surface area (Å²) < 4.78 is 0. The summed E-state index contributed by atoms with van der Waals surface area (Å²) >= 11 is 0. The number of rotatable bonds is 5. The molecule has 0 amide bonds. The van der Waals surface area contributed by atoms with E-state index in [4.69, 9.17) is 0 Å². The van der Waals surface area contributed by atoms with E-state index >= 15 is 0 Å². The average molecular weight is 271 g/mol. The molecule has 1 fully saturated rings. The molecule has 0 atom stereocenters. The quantitative estimate of drug-likeness (QED) is 0.778. The van der Waals surface area contributed by atoms with Gasteiger partial charge < -0.3 is 5.32 Å². The molecule has 1 saturated heterocycles. The molecule has 2 aliphatic rings. The summed E-state index contributed by atoms with van der Waals surface area (Å²) in [6.45, 7) is 12.2. The number of hydrogen-bond donors (Lipinski definition) is 1. The summed E-state index contributed by atoms with van der Waals surface area (Å²) in [5.41, 5.74) is 3.76. The second-order valence-electron chi connectivity index (χ2n) is 5.32. The van der Waals surface area contributed by atoms with Crippen LogP contribution in [0.25, 0.3) is 0 Å². The molecule has 0 spiro atoms. The maximum atomic E-state index is 4.63. The molecule has 108 valence electrons. The third-order valence-corrected chi connectivity index (χ3v) is 3.82. The number of amidine groups is 1. The van der Waals surface area contributed by atoms with E-state index in [9.17, 15) is 0 Å². The first-order chi connectivity index (χ1) is 9.76. The van der Waals surface area contributed by atoms with Crippen LogP contribution in [0.2, 0.25) is 0 Å². The summed E-state index contributed by atoms with van der Waals surface area (Å²) in [6.07, 6.45) is 10.8. The van der Waals surface area contributed by atoms with Crippen LogP contribution in [-0.4, -0.2) is 36.9 Å². The molecule has 0 unspecified atom stereocenters. The highest BCUT2D eigenvalue weighted by Gasteiger charge is 2.23. The molecule has 1 N–H and O–H groups in total. The van der Waals surface area contributed by atoms with Gasteiger partial charge >= 0.3 is 0 Å². The summed E-state index contributed by atoms with van der Waals surface area (Å²) in [5.74, 6) is 0.981. The summed E-state index contributed by atoms with van der Waals surface area (Å²) in [4.78, 5) is 7.14. The van der Waals surface area contributed by atoms with E-state index < -0.39 is 0 Å². The molecule has 3 nitrogen and oxygen atoms in total. The average Bonchev–Trinajstić information content (AvgIpc) is 3.09. The van der Waals surface area contributed by atoms with Gasteiger partial charge in [0.15, 0.2) is 0 Å². The third kappa shape index (κ3) is 3.48. The number of nitrogens with zero attached hydrogens (tertiary/aromatic N) is 2. The van der Waals surface area contributed by atoms with Crippen LogP contribution in [0.3, 0.4) is 0 Å². The van der Waals surface area contributed by atoms with E-state index in [1.54, 1.807) is 0 Å². The first-order valence-electron chi connectivity index (χ1n) is 7.44. The largest absolute Gasteiger partial charge is 0.346 e. The van der Waals surface area contributed by atoms with Gasteiger partial charge in [-0.25, -0.2) is 0 Å². The Morgan fingerprint density at radius 1 is 1.45 bits per heavy atom. The maximum Gasteiger partial charge on any atom is 0.133 e. The Morgan fingerprint density at radius 3 is 2.85 bits per heavy atom. The number of aliphatic imine (C=N–C) groups is 1. The van der Waals surface area contributed by atoms with E-state index in [1.165, 1.54) is 42.7 Å². The van der Waals surface area contributed by atoms with Gasteiger partial charge in [0.05, 0.1) is 6.54 Å². The lowest BCUT2D eigenvalue weighted by Crippen LogP contribution is -2.23. The van der Waals surface area contributed by atoms with Crippen LogP contribution in [0.4, 0.5) is 0 Å². The third-order valence-electron chi connectivity index (χ3n) is 3.82. The van der Waals surface area contributed by atoms with Crippen LogP contribution in [0.15, 0.2) is 52.7 Å². The Kier molecular flexibility index (Phi) is 5.36. The zero-order chi connectivity index (χ0) is 14.4. The number of hydrogen-bond acceptors (Lipinski definition) is 2. The van der Waals surface area contributed by atoms with E-state index in [2.05, 4.69) is 41.0 Å². The van der Waals surface area contributed by atoms with Crippen LogP contribution in [0.5, 0.6) is 0 Å². The van der Waals surface area contributed by atoms with Gasteiger partial charge in [0.2, 0.25) is 0 Å². The van der Waals surface area contributed by atoms with Crippen LogP contribution < -0.4 is 5.32 Å². The Hall–Kier alpha value is -1.61. The van der Waals surface area contributed by atoms with Crippen LogP contribution >= 0.6 is 0 Å². The van der Waals surface area contributed by atoms with Crippen LogP contribution in [0, 0.1) is 0 Å². The van der Waals surface area contributed by atoms with Crippen molar-refractivity contribution in [3.63, 3.8) is 0 Å². The molecule has 0 saturated carbocycles. The molecule has 20 heavy (non-hydrogen) atoms. The van der Waals surface area contributed by atoms with Gasteiger partial charge in [0.1, 0.15) is 5.84 Å². The summed E-state index contributed by atoms with van der Waals surface area (Å²) in [6, 6.07) is 0. The van der Waals surface area contributed by atoms with Crippen molar-refractivity contribution in [3.05, 3.63) is 47.7 Å². The smallest absolute Gasteiger partial charge is 0.133 e. The fraction of sp³-hybridized carbons (Fsp3) is 0.471. The second kappa shape index (κ2) is 7.25. The lowest BCUT2D eigenvalue weighted by molar-refractivity contribution is 0.371. The molecule has 0 aromatic heterocycles. The fourth-order valence-electron chi connectivity index (χ4n) is 2.67. The van der Waals surface area contributed by atoms with E-state index in [1.807, 2.05) is 19.1 Å². The van der Waals surface area contributed by atoms with Crippen LogP contribution in [-0.2, 0) is 0 Å². The highest BCUT2D eigenvalue weighted by molar-refractivity contribution is 6.06. The highest BCUT2D eigenvalue weighted by atomic mass is 15.1. The van der Waals surface area contributed by atoms with Crippen molar-refractivity contribution < 1.29 is 0 Å². The van der Waals surface area contributed by atoms with E-state index in [0.29, 0.717) is 0 Å². The second-order valence-corrected chi connectivity index (χ2v) is 5.32. The molecule has 0 bridgehead atoms. The van der Waals surface area contributed by atoms with Gasteiger partial charge in [0.25, 0.3) is 0 Å². The zero-order valence-electron chi connectivity index (χ0n) is 12.7. The van der Waals surface area contributed by atoms with Gasteiger partial charge in [-0.15, -0.1) is 0 Å². The number of allylic oxidation sites excluding steroid dienone is 3. The lowest BCUT2D eigenvalue weighted by atomic mass is 10.0. The first kappa shape index (κ1) is 14.8. The van der Waals surface area contributed by atoms with Crippen molar-refractivity contribution in [1.82, 2.24) is 10.2 Å². The summed E-state index contributed by atoms with van der Waals surface area (Å²) in [5, 5.41) is 3.33. The van der Waals surface area contributed by atoms with E-state index in [0.717, 1.165) is 18.9 Å². The normalized spacial score (nSPS) is 24.3. The molecule has 0 aromatic carbocycles. The van der Waals surface area contributed by atoms with Gasteiger partial charge in [-0.05, 0) is 50.9 Å². The predicted molar refractivity (Wildman–Crippen MR) is 86.9 cm³/mol. The molecule has 0 aliphatic carbocycles. The van der Waals surface area contributed by atoms with Crippen molar-refractivity contribution in [2.24, 2.45) is 4.99 Å². The summed E-state index contributed by atoms with van der Waals surface area (Å²) in [7, 11) is 0. The Labute approximate surface area is 122 Å². The van der Waals surface area contributed by atoms with Crippen molar-refractivity contribution >= 4 is 5.84 Å². The Morgan fingerprint density at radius 2 is 2.20 bits per heavy atom. The molecule has 2 rings (SSSR count). The molecule has 3 heteroatoms. The van der Waals surface area contributed by atoms with Gasteiger partial charge in [-0.2, -0.15) is 0 Å². The monoisotopic (exact) mass is 271 g/mol. The van der Waals surface area contributed by atoms with E-state index in [-0.39, 0.29) is 0 Å². The first-order valence-corrected chi connectivity index (χ1v) is 7.44. The highest BCUT2D eigenvalue weighted by Crippen LogP contribution is 2.23. The van der Waals surface area contributed by atoms with Crippen molar-refractivity contribution in [2.75, 3.05) is 26.2 Å². The predicted octanol–water partition coefficient (Wildman–Crippen LogP) is 3.05. The molecule has 0 radical (unpaired) electrons. The molecule has 2 aliphatic heterocycles. The fourth-order valence-corrected chi connectivity index (χ4v) is 2.67. The Balaban J connectivity index is 2.15. The molecular weight excluding hydrogens is 246 g/mol. The van der Waals surface area contributed by atoms with Gasteiger partial charge in [0, 0.05) is 18.3 Å². The van der Waals surface area contributed by atoms with Gasteiger partial charge in [-0.3, -0.25) is 9.89 Å².